The number of carboxylic acids is 1. The van der Waals surface area contributed by atoms with Crippen LogP contribution >= 0.6 is 11.6 Å². The lowest BCUT2D eigenvalue weighted by atomic mass is 10.2. The molecule has 11 heteroatoms. The molecule has 4 rings (SSSR count). The zero-order chi connectivity index (χ0) is 28.8. The number of aromatic carboxylic acids is 1. The third-order valence-corrected chi connectivity index (χ3v) is 5.13. The lowest BCUT2D eigenvalue weighted by molar-refractivity contribution is 0.0689. The number of aliphatic hydroxyl groups excluding tert-OH is 1. The highest BCUT2D eigenvalue weighted by molar-refractivity contribution is 6.30. The first-order valence-electron chi connectivity index (χ1n) is 12.4. The summed E-state index contributed by atoms with van der Waals surface area (Å²) in [5.74, 6) is -0.212. The zero-order valence-electron chi connectivity index (χ0n) is 22.3. The van der Waals surface area contributed by atoms with Gasteiger partial charge in [0.1, 0.15) is 11.4 Å². The highest BCUT2D eigenvalue weighted by Gasteiger charge is 2.13. The number of nitrogens with zero attached hydrogens (tertiary/aromatic N) is 4. The van der Waals surface area contributed by atoms with E-state index in [1.54, 1.807) is 55.5 Å². The van der Waals surface area contributed by atoms with Crippen molar-refractivity contribution in [3.8, 4) is 11.6 Å². The number of aromatic nitrogens is 4. The molecule has 0 saturated carbocycles. The van der Waals surface area contributed by atoms with Gasteiger partial charge in [-0.05, 0) is 61.4 Å². The Morgan fingerprint density at radius 3 is 2.23 bits per heavy atom. The van der Waals surface area contributed by atoms with Crippen molar-refractivity contribution < 1.29 is 19.7 Å². The van der Waals surface area contributed by atoms with Crippen LogP contribution in [0.15, 0.2) is 71.5 Å². The molecular weight excluding hydrogens is 522 g/mol. The molecule has 2 aromatic heterocycles. The molecule has 0 radical (unpaired) electrons. The Morgan fingerprint density at radius 2 is 1.64 bits per heavy atom. The number of pyridine rings is 1. The summed E-state index contributed by atoms with van der Waals surface area (Å²) in [5, 5.41) is 28.6. The van der Waals surface area contributed by atoms with Crippen LogP contribution in [0.2, 0.25) is 5.02 Å². The number of ether oxygens (including phenoxy) is 1. The standard InChI is InChI=1S/C24H20ClN5O4.C2H6O.C2H6/c1-2-19-22(31)30(14-15-6-8-16(25)9-7-15)24(29-28-19)26-17-10-12-18(13-11-17)34-21-5-3-4-20(27-21)23(32)33;1-2-3;1-2/h3-13H,2,14H2,1H3,(H,26,29)(H,32,33);3H,2H2,1H3;1-2H3. The lowest BCUT2D eigenvalue weighted by Crippen LogP contribution is -2.29. The van der Waals surface area contributed by atoms with E-state index in [0.29, 0.717) is 41.1 Å². The van der Waals surface area contributed by atoms with Crippen molar-refractivity contribution in [2.45, 2.75) is 40.7 Å². The number of carbonyl (C=O) groups is 1. The Kier molecular flexibility index (Phi) is 12.6. The number of anilines is 2. The predicted molar refractivity (Wildman–Crippen MR) is 151 cm³/mol. The minimum absolute atomic E-state index is 0.108. The van der Waals surface area contributed by atoms with Gasteiger partial charge in [-0.25, -0.2) is 9.78 Å². The largest absolute Gasteiger partial charge is 0.477 e. The van der Waals surface area contributed by atoms with Gasteiger partial charge in [0.25, 0.3) is 5.56 Å². The van der Waals surface area contributed by atoms with Gasteiger partial charge in [0.05, 0.1) is 6.54 Å². The van der Waals surface area contributed by atoms with Crippen LogP contribution in [0.25, 0.3) is 0 Å². The third-order valence-electron chi connectivity index (χ3n) is 4.88. The number of aryl methyl sites for hydroxylation is 1. The van der Waals surface area contributed by atoms with E-state index >= 15 is 0 Å². The van der Waals surface area contributed by atoms with Crippen LogP contribution in [0.5, 0.6) is 11.6 Å². The van der Waals surface area contributed by atoms with Crippen molar-refractivity contribution in [2.75, 3.05) is 11.9 Å². The maximum atomic E-state index is 12.9. The van der Waals surface area contributed by atoms with Crippen molar-refractivity contribution in [1.82, 2.24) is 19.7 Å². The Morgan fingerprint density at radius 1 is 1.00 bits per heavy atom. The Balaban J connectivity index is 0.000000998. The molecule has 10 nitrogen and oxygen atoms in total. The topological polar surface area (TPSA) is 139 Å². The fourth-order valence-corrected chi connectivity index (χ4v) is 3.26. The molecule has 4 aromatic rings. The second-order valence-corrected chi connectivity index (χ2v) is 8.01. The number of rotatable bonds is 8. The monoisotopic (exact) mass is 553 g/mol. The second kappa shape index (κ2) is 15.9. The normalized spacial score (nSPS) is 9.90. The molecule has 0 saturated heterocycles. The van der Waals surface area contributed by atoms with E-state index in [1.807, 2.05) is 32.9 Å². The minimum atomic E-state index is -1.13. The molecule has 39 heavy (non-hydrogen) atoms. The average molecular weight is 554 g/mol. The first-order valence-corrected chi connectivity index (χ1v) is 12.8. The van der Waals surface area contributed by atoms with Gasteiger partial charge in [-0.3, -0.25) is 9.36 Å². The number of aliphatic hydroxyl groups is 1. The summed E-state index contributed by atoms with van der Waals surface area (Å²) in [5.41, 5.74) is 1.59. The van der Waals surface area contributed by atoms with Gasteiger partial charge < -0.3 is 20.3 Å². The number of halogens is 1. The van der Waals surface area contributed by atoms with E-state index in [1.165, 1.54) is 10.6 Å². The maximum Gasteiger partial charge on any atom is 0.354 e. The van der Waals surface area contributed by atoms with Crippen LogP contribution in [0, 0.1) is 0 Å². The molecule has 0 unspecified atom stereocenters. The number of hydrogen-bond donors (Lipinski definition) is 3. The van der Waals surface area contributed by atoms with Crippen LogP contribution in [-0.4, -0.2) is 42.5 Å². The third kappa shape index (κ3) is 9.20. The van der Waals surface area contributed by atoms with Crippen LogP contribution in [0.4, 0.5) is 11.6 Å². The number of carboxylic acid groups (broad SMARTS) is 1. The highest BCUT2D eigenvalue weighted by atomic mass is 35.5. The SMILES string of the molecule is CC.CCO.CCc1nnc(Nc2ccc(Oc3cccc(C(=O)O)n3)cc2)n(Cc2ccc(Cl)cc2)c1=O. The Bertz CT molecular complexity index is 1390. The summed E-state index contributed by atoms with van der Waals surface area (Å²) in [6, 6.07) is 18.6. The maximum absolute atomic E-state index is 12.9. The second-order valence-electron chi connectivity index (χ2n) is 7.58. The van der Waals surface area contributed by atoms with E-state index < -0.39 is 5.97 Å². The van der Waals surface area contributed by atoms with Crippen molar-refractivity contribution in [3.63, 3.8) is 0 Å². The van der Waals surface area contributed by atoms with E-state index in [0.717, 1.165) is 5.56 Å². The summed E-state index contributed by atoms with van der Waals surface area (Å²) < 4.78 is 7.17. The summed E-state index contributed by atoms with van der Waals surface area (Å²) >= 11 is 5.97. The highest BCUT2D eigenvalue weighted by Crippen LogP contribution is 2.23. The van der Waals surface area contributed by atoms with Crippen molar-refractivity contribution in [2.24, 2.45) is 0 Å². The molecule has 206 valence electrons. The van der Waals surface area contributed by atoms with Gasteiger partial charge in [0, 0.05) is 23.4 Å². The van der Waals surface area contributed by atoms with Gasteiger partial charge in [-0.1, -0.05) is 50.6 Å². The fourth-order valence-electron chi connectivity index (χ4n) is 3.14. The molecule has 0 amide bonds. The van der Waals surface area contributed by atoms with Crippen molar-refractivity contribution >= 4 is 29.2 Å². The average Bonchev–Trinajstić information content (AvgIpc) is 2.94. The van der Waals surface area contributed by atoms with Crippen LogP contribution in [0.3, 0.4) is 0 Å². The van der Waals surface area contributed by atoms with Gasteiger partial charge >= 0.3 is 5.97 Å². The smallest absolute Gasteiger partial charge is 0.354 e. The Labute approximate surface area is 231 Å². The van der Waals surface area contributed by atoms with Crippen LogP contribution in [0.1, 0.15) is 49.4 Å². The summed E-state index contributed by atoms with van der Waals surface area (Å²) in [4.78, 5) is 28.0. The minimum Gasteiger partial charge on any atom is -0.477 e. The van der Waals surface area contributed by atoms with Crippen LogP contribution in [-0.2, 0) is 13.0 Å². The molecule has 0 spiro atoms. The summed E-state index contributed by atoms with van der Waals surface area (Å²) in [7, 11) is 0. The molecule has 3 N–H and O–H groups in total. The number of hydrogen-bond acceptors (Lipinski definition) is 8. The fraction of sp³-hybridized carbons (Fsp3) is 0.250. The molecule has 2 heterocycles. The summed E-state index contributed by atoms with van der Waals surface area (Å²) in [6.07, 6.45) is 0.468. The first-order chi connectivity index (χ1) is 18.8. The Hall–Kier alpha value is -4.28. The molecule has 0 bridgehead atoms. The van der Waals surface area contributed by atoms with E-state index in [4.69, 9.17) is 26.6 Å². The molecular formula is C28H32ClN5O5. The number of nitrogens with one attached hydrogen (secondary N) is 1. The zero-order valence-corrected chi connectivity index (χ0v) is 23.0. The van der Waals surface area contributed by atoms with Crippen LogP contribution < -0.4 is 15.6 Å². The van der Waals surface area contributed by atoms with Gasteiger partial charge in [-0.2, -0.15) is 0 Å². The molecule has 2 aromatic carbocycles. The van der Waals surface area contributed by atoms with E-state index in [9.17, 15) is 9.59 Å². The number of benzene rings is 2. The van der Waals surface area contributed by atoms with Gasteiger partial charge in [0.15, 0.2) is 5.69 Å². The quantitative estimate of drug-likeness (QED) is 0.256. The molecule has 0 atom stereocenters. The molecule has 0 aliphatic carbocycles. The van der Waals surface area contributed by atoms with Crippen molar-refractivity contribution in [3.05, 3.63) is 99.1 Å². The van der Waals surface area contributed by atoms with Crippen molar-refractivity contribution in [1.29, 1.82) is 0 Å². The molecule has 0 fully saturated rings. The summed E-state index contributed by atoms with van der Waals surface area (Å²) in [6.45, 7) is 8.08. The lowest BCUT2D eigenvalue weighted by Gasteiger charge is -2.14. The first kappa shape index (κ1) is 30.9. The van der Waals surface area contributed by atoms with E-state index in [-0.39, 0.29) is 23.7 Å². The molecule has 0 aliphatic rings. The van der Waals surface area contributed by atoms with E-state index in [2.05, 4.69) is 20.5 Å². The van der Waals surface area contributed by atoms with Gasteiger partial charge in [-0.15, -0.1) is 10.2 Å². The predicted octanol–water partition coefficient (Wildman–Crippen LogP) is 5.56. The molecule has 0 aliphatic heterocycles. The van der Waals surface area contributed by atoms with Gasteiger partial charge in [0.2, 0.25) is 11.8 Å².